The molecule has 1 saturated heterocycles. The molecule has 11 nitrogen and oxygen atoms in total. The zero-order valence-electron chi connectivity index (χ0n) is 13.2. The van der Waals surface area contributed by atoms with E-state index in [4.69, 9.17) is 0 Å². The van der Waals surface area contributed by atoms with Gasteiger partial charge in [-0.25, -0.2) is 9.71 Å². The van der Waals surface area contributed by atoms with E-state index in [1.54, 1.807) is 6.20 Å². The normalized spacial score (nSPS) is 18.5. The van der Waals surface area contributed by atoms with E-state index in [1.165, 1.54) is 6.33 Å². The monoisotopic (exact) mass is 370 g/mol. The average Bonchev–Trinajstić information content (AvgIpc) is 3.08. The van der Waals surface area contributed by atoms with Crippen LogP contribution in [0.3, 0.4) is 0 Å². The highest BCUT2D eigenvalue weighted by atomic mass is 32.2. The summed E-state index contributed by atoms with van der Waals surface area (Å²) in [7, 11) is -3.76. The van der Waals surface area contributed by atoms with Crippen LogP contribution in [-0.4, -0.2) is 64.4 Å². The van der Waals surface area contributed by atoms with E-state index in [0.29, 0.717) is 24.0 Å². The molecule has 3 heterocycles. The highest BCUT2D eigenvalue weighted by Gasteiger charge is 2.33. The third-order valence-corrected chi connectivity index (χ3v) is 5.46. The van der Waals surface area contributed by atoms with Crippen molar-refractivity contribution in [2.45, 2.75) is 19.0 Å². The Hall–Kier alpha value is -2.28. The number of H-pyrrole nitrogens is 2. The maximum Gasteiger partial charge on any atom is 0.304 e. The standard InChI is InChI=1S/C13H18N6O5S/c20-6-9(1-2-19-5-10(21)18-25(19,23)24)14-3-8-4-15-12-11(8)16-7-17-13(12)22/h4,7,9,14-15,20H,1-3,5-6H2,(H,18,21)(H,16,17,22)/t9-/m0/s1. The molecule has 12 heteroatoms. The Morgan fingerprint density at radius 1 is 1.36 bits per heavy atom. The number of nitrogens with one attached hydrogen (secondary N) is 4. The summed E-state index contributed by atoms with van der Waals surface area (Å²) in [6.07, 6.45) is 3.29. The molecule has 0 unspecified atom stereocenters. The second kappa shape index (κ2) is 6.92. The number of hydrogen-bond acceptors (Lipinski definition) is 7. The third kappa shape index (κ3) is 3.71. The lowest BCUT2D eigenvalue weighted by atomic mass is 10.2. The number of fused-ring (bicyclic) bond motifs is 1. The van der Waals surface area contributed by atoms with Gasteiger partial charge in [0.15, 0.2) is 0 Å². The van der Waals surface area contributed by atoms with E-state index >= 15 is 0 Å². The molecule has 5 N–H and O–H groups in total. The maximum absolute atomic E-state index is 11.7. The first kappa shape index (κ1) is 17.5. The molecule has 2 aromatic rings. The van der Waals surface area contributed by atoms with E-state index in [2.05, 4.69) is 20.3 Å². The van der Waals surface area contributed by atoms with E-state index in [-0.39, 0.29) is 31.3 Å². The van der Waals surface area contributed by atoms with Gasteiger partial charge in [-0.1, -0.05) is 0 Å². The number of carbonyl (C=O) groups is 1. The molecule has 1 aliphatic heterocycles. The average molecular weight is 370 g/mol. The Morgan fingerprint density at radius 2 is 2.16 bits per heavy atom. The van der Waals surface area contributed by atoms with Gasteiger partial charge in [0, 0.05) is 30.9 Å². The van der Waals surface area contributed by atoms with Crippen LogP contribution in [-0.2, 0) is 21.5 Å². The van der Waals surface area contributed by atoms with Crippen molar-refractivity contribution in [2.75, 3.05) is 19.7 Å². The zero-order valence-corrected chi connectivity index (χ0v) is 14.0. The van der Waals surface area contributed by atoms with Gasteiger partial charge in [-0.15, -0.1) is 0 Å². The number of aliphatic hydroxyl groups is 1. The minimum atomic E-state index is -3.76. The molecule has 136 valence electrons. The van der Waals surface area contributed by atoms with Gasteiger partial charge in [0.1, 0.15) is 5.52 Å². The topological polar surface area (TPSA) is 160 Å². The van der Waals surface area contributed by atoms with E-state index in [9.17, 15) is 23.1 Å². The van der Waals surface area contributed by atoms with Crippen molar-refractivity contribution in [3.05, 3.63) is 28.4 Å². The first-order valence-electron chi connectivity index (χ1n) is 7.59. The Balaban J connectivity index is 1.60. The van der Waals surface area contributed by atoms with Gasteiger partial charge in [-0.3, -0.25) is 9.59 Å². The summed E-state index contributed by atoms with van der Waals surface area (Å²) >= 11 is 0. The van der Waals surface area contributed by atoms with Crippen LogP contribution >= 0.6 is 0 Å². The fourth-order valence-electron chi connectivity index (χ4n) is 2.64. The molecule has 0 aliphatic carbocycles. The van der Waals surface area contributed by atoms with Gasteiger partial charge in [0.2, 0.25) is 5.91 Å². The summed E-state index contributed by atoms with van der Waals surface area (Å²) in [6, 6.07) is -0.377. The summed E-state index contributed by atoms with van der Waals surface area (Å²) in [5.74, 6) is -0.566. The van der Waals surface area contributed by atoms with Crippen molar-refractivity contribution >= 4 is 27.1 Å². The summed E-state index contributed by atoms with van der Waals surface area (Å²) in [4.78, 5) is 32.3. The number of carbonyl (C=O) groups excluding carboxylic acids is 1. The minimum absolute atomic E-state index is 0.102. The van der Waals surface area contributed by atoms with Crippen LogP contribution in [0, 0.1) is 0 Å². The van der Waals surface area contributed by atoms with Crippen molar-refractivity contribution in [1.82, 2.24) is 29.3 Å². The first-order chi connectivity index (χ1) is 11.9. The lowest BCUT2D eigenvalue weighted by Gasteiger charge is -2.19. The predicted octanol–water partition coefficient (Wildman–Crippen LogP) is -2.23. The SMILES string of the molecule is O=C1CN(CC[C@@H](CO)NCc2c[nH]c3c(=O)[nH]cnc23)S(=O)(=O)N1. The minimum Gasteiger partial charge on any atom is -0.395 e. The van der Waals surface area contributed by atoms with Gasteiger partial charge < -0.3 is 20.4 Å². The molecule has 2 aromatic heterocycles. The Morgan fingerprint density at radius 3 is 2.84 bits per heavy atom. The number of nitrogens with zero attached hydrogens (tertiary/aromatic N) is 2. The van der Waals surface area contributed by atoms with Crippen molar-refractivity contribution in [1.29, 1.82) is 0 Å². The number of aliphatic hydroxyl groups excluding tert-OH is 1. The third-order valence-electron chi connectivity index (χ3n) is 3.98. The quantitative estimate of drug-likeness (QED) is 0.368. The molecular formula is C13H18N6O5S. The number of rotatable bonds is 7. The smallest absolute Gasteiger partial charge is 0.304 e. The molecule has 1 atom stereocenters. The van der Waals surface area contributed by atoms with E-state index < -0.39 is 16.1 Å². The molecule has 0 radical (unpaired) electrons. The number of aromatic nitrogens is 3. The molecule has 1 fully saturated rings. The maximum atomic E-state index is 11.7. The molecule has 0 aromatic carbocycles. The van der Waals surface area contributed by atoms with Crippen LogP contribution in [0.1, 0.15) is 12.0 Å². The van der Waals surface area contributed by atoms with Crippen LogP contribution < -0.4 is 15.6 Å². The summed E-state index contributed by atoms with van der Waals surface area (Å²) in [5, 5.41) is 12.6. The Bertz CT molecular complexity index is 936. The predicted molar refractivity (Wildman–Crippen MR) is 87.7 cm³/mol. The van der Waals surface area contributed by atoms with Crippen LogP contribution in [0.25, 0.3) is 11.0 Å². The van der Waals surface area contributed by atoms with Gasteiger partial charge >= 0.3 is 10.2 Å². The highest BCUT2D eigenvalue weighted by molar-refractivity contribution is 7.88. The molecule has 0 saturated carbocycles. The largest absolute Gasteiger partial charge is 0.395 e. The second-order valence-corrected chi connectivity index (χ2v) is 7.35. The zero-order chi connectivity index (χ0) is 18.0. The van der Waals surface area contributed by atoms with Gasteiger partial charge in [-0.2, -0.15) is 12.7 Å². The number of amides is 1. The molecule has 0 bridgehead atoms. The second-order valence-electron chi connectivity index (χ2n) is 5.68. The molecular weight excluding hydrogens is 352 g/mol. The van der Waals surface area contributed by atoms with Crippen molar-refractivity contribution in [2.24, 2.45) is 0 Å². The van der Waals surface area contributed by atoms with Gasteiger partial charge in [-0.05, 0) is 6.42 Å². The van der Waals surface area contributed by atoms with Crippen molar-refractivity contribution in [3.63, 3.8) is 0 Å². The number of aromatic amines is 2. The van der Waals surface area contributed by atoms with Crippen molar-refractivity contribution < 1.29 is 18.3 Å². The Labute approximate surface area is 142 Å². The summed E-state index contributed by atoms with van der Waals surface area (Å²) in [5.41, 5.74) is 1.38. The van der Waals surface area contributed by atoms with Crippen LogP contribution in [0.2, 0.25) is 0 Å². The van der Waals surface area contributed by atoms with Gasteiger partial charge in [0.05, 0.1) is 25.0 Å². The highest BCUT2D eigenvalue weighted by Crippen LogP contribution is 2.12. The van der Waals surface area contributed by atoms with Crippen LogP contribution in [0.5, 0.6) is 0 Å². The molecule has 3 rings (SSSR count). The van der Waals surface area contributed by atoms with Crippen LogP contribution in [0.4, 0.5) is 0 Å². The lowest BCUT2D eigenvalue weighted by molar-refractivity contribution is -0.118. The molecule has 25 heavy (non-hydrogen) atoms. The molecule has 1 aliphatic rings. The first-order valence-corrected chi connectivity index (χ1v) is 9.03. The number of hydrogen-bond donors (Lipinski definition) is 5. The Kier molecular flexibility index (Phi) is 4.85. The summed E-state index contributed by atoms with van der Waals surface area (Å²) in [6.45, 7) is 0.0258. The lowest BCUT2D eigenvalue weighted by Crippen LogP contribution is -2.38. The van der Waals surface area contributed by atoms with Crippen molar-refractivity contribution in [3.8, 4) is 0 Å². The summed E-state index contributed by atoms with van der Waals surface area (Å²) < 4.78 is 26.3. The molecule has 0 spiro atoms. The van der Waals surface area contributed by atoms with Crippen LogP contribution in [0.15, 0.2) is 17.3 Å². The van der Waals surface area contributed by atoms with E-state index in [0.717, 1.165) is 9.87 Å². The fourth-order valence-corrected chi connectivity index (χ4v) is 3.75. The molecule has 1 amide bonds. The van der Waals surface area contributed by atoms with E-state index in [1.807, 2.05) is 4.72 Å². The van der Waals surface area contributed by atoms with Gasteiger partial charge in [0.25, 0.3) is 5.56 Å². The fraction of sp³-hybridized carbons (Fsp3) is 0.462.